The van der Waals surface area contributed by atoms with E-state index in [1.54, 1.807) is 31.3 Å². The van der Waals surface area contributed by atoms with Gasteiger partial charge in [-0.3, -0.25) is 9.59 Å². The molecule has 0 bridgehead atoms. The Labute approximate surface area is 223 Å². The smallest absolute Gasteiger partial charge is 0.416 e. The quantitative estimate of drug-likeness (QED) is 0.435. The Morgan fingerprint density at radius 1 is 0.846 bits per heavy atom. The van der Waals surface area contributed by atoms with Crippen LogP contribution in [0.5, 0.6) is 23.0 Å². The van der Waals surface area contributed by atoms with E-state index in [0.717, 1.165) is 12.1 Å². The monoisotopic (exact) mass is 544 g/mol. The Bertz CT molecular complexity index is 1410. The topological polar surface area (TPSA) is 86.3 Å². The van der Waals surface area contributed by atoms with Crippen LogP contribution < -0.4 is 24.3 Å². The summed E-state index contributed by atoms with van der Waals surface area (Å²) >= 11 is 0. The summed E-state index contributed by atoms with van der Waals surface area (Å²) in [6, 6.07) is 11.5. The fraction of sp³-hybridized carbons (Fsp3) is 0.286. The van der Waals surface area contributed by atoms with Crippen LogP contribution in [0.25, 0.3) is 0 Å². The van der Waals surface area contributed by atoms with E-state index >= 15 is 0 Å². The Morgan fingerprint density at radius 2 is 1.46 bits per heavy atom. The zero-order valence-corrected chi connectivity index (χ0v) is 21.9. The molecule has 3 aromatic rings. The van der Waals surface area contributed by atoms with Gasteiger partial charge in [0.05, 0.1) is 46.0 Å². The molecule has 1 N–H and O–H groups in total. The molecule has 0 saturated heterocycles. The summed E-state index contributed by atoms with van der Waals surface area (Å²) in [5.74, 6) is -0.643. The van der Waals surface area contributed by atoms with Crippen LogP contribution in [0.2, 0.25) is 0 Å². The van der Waals surface area contributed by atoms with Crippen LogP contribution in [0.1, 0.15) is 39.0 Å². The third-order valence-electron chi connectivity index (χ3n) is 6.66. The van der Waals surface area contributed by atoms with Crippen molar-refractivity contribution in [3.8, 4) is 23.0 Å². The van der Waals surface area contributed by atoms with E-state index in [1.807, 2.05) is 0 Å². The van der Waals surface area contributed by atoms with Crippen molar-refractivity contribution >= 4 is 17.5 Å². The molecule has 8 nitrogen and oxygen atoms in total. The molecule has 0 spiro atoms. The third kappa shape index (κ3) is 5.16. The third-order valence-corrected chi connectivity index (χ3v) is 6.66. The van der Waals surface area contributed by atoms with E-state index in [9.17, 15) is 22.8 Å². The fourth-order valence-electron chi connectivity index (χ4n) is 4.78. The van der Waals surface area contributed by atoms with Crippen molar-refractivity contribution in [2.75, 3.05) is 40.8 Å². The van der Waals surface area contributed by atoms with Crippen LogP contribution in [0.4, 0.5) is 18.9 Å². The lowest BCUT2D eigenvalue weighted by molar-refractivity contribution is -0.137. The molecular formula is C28H27F3N2O6. The normalized spacial score (nSPS) is 16.8. The summed E-state index contributed by atoms with van der Waals surface area (Å²) in [7, 11) is 7.33. The van der Waals surface area contributed by atoms with Crippen LogP contribution >= 0.6 is 0 Å². The molecule has 0 aromatic heterocycles. The van der Waals surface area contributed by atoms with Crippen molar-refractivity contribution in [2.24, 2.45) is 0 Å². The number of halogens is 3. The Hall–Kier alpha value is -4.41. The minimum Gasteiger partial charge on any atom is -0.493 e. The van der Waals surface area contributed by atoms with E-state index in [1.165, 1.54) is 51.5 Å². The molecule has 3 aromatic carbocycles. The number of alkyl halides is 3. The average molecular weight is 545 g/mol. The molecular weight excluding hydrogens is 517 g/mol. The van der Waals surface area contributed by atoms with Gasteiger partial charge in [0.25, 0.3) is 5.91 Å². The number of nitrogens with zero attached hydrogens (tertiary/aromatic N) is 1. The molecule has 1 aliphatic rings. The highest BCUT2D eigenvalue weighted by molar-refractivity contribution is 6.05. The second-order valence-electron chi connectivity index (χ2n) is 8.82. The minimum atomic E-state index is -4.59. The van der Waals surface area contributed by atoms with Gasteiger partial charge in [-0.05, 0) is 53.6 Å². The highest BCUT2D eigenvalue weighted by Gasteiger charge is 2.44. The number of carbonyl (C=O) groups excluding carboxylic acids is 2. The fourth-order valence-corrected chi connectivity index (χ4v) is 4.78. The first-order valence-corrected chi connectivity index (χ1v) is 11.8. The number of carbonyl (C=O) groups is 2. The number of nitrogens with one attached hydrogen (secondary N) is 1. The summed E-state index contributed by atoms with van der Waals surface area (Å²) in [4.78, 5) is 28.9. The van der Waals surface area contributed by atoms with Gasteiger partial charge < -0.3 is 29.2 Å². The number of fused-ring (bicyclic) bond motifs is 1. The summed E-state index contributed by atoms with van der Waals surface area (Å²) < 4.78 is 61.5. The predicted molar refractivity (Wildman–Crippen MR) is 137 cm³/mol. The van der Waals surface area contributed by atoms with Gasteiger partial charge in [-0.2, -0.15) is 13.2 Å². The molecule has 0 aliphatic carbocycles. The summed E-state index contributed by atoms with van der Waals surface area (Å²) in [5, 5.41) is 2.61. The summed E-state index contributed by atoms with van der Waals surface area (Å²) in [5.41, 5.74) is 0.145. The molecule has 2 atom stereocenters. The second kappa shape index (κ2) is 10.8. The van der Waals surface area contributed by atoms with Crippen LogP contribution in [-0.2, 0) is 11.0 Å². The Balaban J connectivity index is 1.89. The molecule has 0 saturated carbocycles. The summed E-state index contributed by atoms with van der Waals surface area (Å²) in [6.07, 6.45) is -4.59. The maximum absolute atomic E-state index is 13.9. The van der Waals surface area contributed by atoms with E-state index in [0.29, 0.717) is 28.4 Å². The highest BCUT2D eigenvalue weighted by Crippen LogP contribution is 2.47. The van der Waals surface area contributed by atoms with Crippen molar-refractivity contribution in [1.82, 2.24) is 4.90 Å². The average Bonchev–Trinajstić information content (AvgIpc) is 2.93. The number of amides is 2. The molecule has 1 aliphatic heterocycles. The maximum Gasteiger partial charge on any atom is 0.416 e. The van der Waals surface area contributed by atoms with Gasteiger partial charge in [0.2, 0.25) is 5.91 Å². The first kappa shape index (κ1) is 27.6. The highest BCUT2D eigenvalue weighted by atomic mass is 19.4. The van der Waals surface area contributed by atoms with Crippen molar-refractivity contribution in [3.05, 3.63) is 76.9 Å². The maximum atomic E-state index is 13.9. The zero-order valence-electron chi connectivity index (χ0n) is 21.9. The van der Waals surface area contributed by atoms with E-state index in [2.05, 4.69) is 5.32 Å². The summed E-state index contributed by atoms with van der Waals surface area (Å²) in [6.45, 7) is 0. The van der Waals surface area contributed by atoms with Crippen LogP contribution in [0.15, 0.2) is 54.6 Å². The number of likely N-dealkylation sites (N-methyl/N-ethyl adjacent to an activating group) is 1. The van der Waals surface area contributed by atoms with Gasteiger partial charge in [0.1, 0.15) is 0 Å². The van der Waals surface area contributed by atoms with Crippen molar-refractivity contribution < 1.29 is 41.7 Å². The van der Waals surface area contributed by atoms with E-state index in [4.69, 9.17) is 18.9 Å². The Kier molecular flexibility index (Phi) is 7.62. The second-order valence-corrected chi connectivity index (χ2v) is 8.82. The predicted octanol–water partition coefficient (Wildman–Crippen LogP) is 5.29. The molecule has 11 heteroatoms. The van der Waals surface area contributed by atoms with Gasteiger partial charge in [-0.1, -0.05) is 12.1 Å². The number of benzene rings is 3. The molecule has 4 rings (SSSR count). The lowest BCUT2D eigenvalue weighted by Crippen LogP contribution is -2.44. The number of hydrogen-bond acceptors (Lipinski definition) is 6. The van der Waals surface area contributed by atoms with Gasteiger partial charge in [-0.15, -0.1) is 0 Å². The number of ether oxygens (including phenoxy) is 4. The van der Waals surface area contributed by atoms with Crippen molar-refractivity contribution in [1.29, 1.82) is 0 Å². The van der Waals surface area contributed by atoms with Gasteiger partial charge in [-0.25, -0.2) is 0 Å². The molecule has 206 valence electrons. The van der Waals surface area contributed by atoms with Crippen LogP contribution in [0, 0.1) is 0 Å². The van der Waals surface area contributed by atoms with Crippen LogP contribution in [0.3, 0.4) is 0 Å². The number of hydrogen-bond donors (Lipinski definition) is 1. The molecule has 0 fully saturated rings. The van der Waals surface area contributed by atoms with Gasteiger partial charge in [0.15, 0.2) is 23.0 Å². The van der Waals surface area contributed by atoms with Crippen molar-refractivity contribution in [3.63, 3.8) is 0 Å². The molecule has 39 heavy (non-hydrogen) atoms. The number of anilines is 1. The minimum absolute atomic E-state index is 0.0394. The molecule has 1 heterocycles. The molecule has 0 unspecified atom stereocenters. The standard InChI is InChI=1S/C28H27F3N2O6/c1-33-25(15-9-10-20(36-2)21(11-15)37-3)24(18-13-22(38-4)23(39-5)14-19(18)27(33)35)26(34)32-17-8-6-7-16(12-17)28(29,30)31/h6-14,24-25H,1-5H3,(H,32,34)/t24-,25+/m0/s1. The lowest BCUT2D eigenvalue weighted by Gasteiger charge is -2.40. The van der Waals surface area contributed by atoms with Gasteiger partial charge in [0, 0.05) is 18.3 Å². The Morgan fingerprint density at radius 3 is 2.08 bits per heavy atom. The van der Waals surface area contributed by atoms with Gasteiger partial charge >= 0.3 is 6.18 Å². The zero-order chi connectivity index (χ0) is 28.5. The first-order chi connectivity index (χ1) is 18.5. The molecule has 2 amide bonds. The van der Waals surface area contributed by atoms with E-state index in [-0.39, 0.29) is 22.9 Å². The first-order valence-electron chi connectivity index (χ1n) is 11.8. The van der Waals surface area contributed by atoms with E-state index < -0.39 is 29.6 Å². The largest absolute Gasteiger partial charge is 0.493 e. The van der Waals surface area contributed by atoms with Crippen LogP contribution in [-0.4, -0.2) is 52.2 Å². The number of methoxy groups -OCH3 is 4. The lowest BCUT2D eigenvalue weighted by atomic mass is 9.79. The SMILES string of the molecule is COc1ccc([C@@H]2[C@@H](C(=O)Nc3cccc(C(F)(F)F)c3)c3cc(OC)c(OC)cc3C(=O)N2C)cc1OC. The molecule has 0 radical (unpaired) electrons. The van der Waals surface area contributed by atoms with Crippen molar-refractivity contribution in [2.45, 2.75) is 18.1 Å². The number of rotatable bonds is 7.